The van der Waals surface area contributed by atoms with Crippen LogP contribution in [0.5, 0.6) is 0 Å². The van der Waals surface area contributed by atoms with E-state index < -0.39 is 0 Å². The van der Waals surface area contributed by atoms with Crippen LogP contribution in [0.4, 0.5) is 0 Å². The van der Waals surface area contributed by atoms with Crippen LogP contribution in [0.3, 0.4) is 0 Å². The van der Waals surface area contributed by atoms with Crippen molar-refractivity contribution in [3.8, 4) is 0 Å². The first-order valence-corrected chi connectivity index (χ1v) is 6.49. The Morgan fingerprint density at radius 2 is 1.94 bits per heavy atom. The molecule has 1 heterocycles. The van der Waals surface area contributed by atoms with Crippen molar-refractivity contribution in [2.45, 2.75) is 58.4 Å². The Bertz CT molecular complexity index is 271. The second-order valence-electron chi connectivity index (χ2n) is 4.28. The number of aryl methyl sites for hydroxylation is 1. The van der Waals surface area contributed by atoms with E-state index >= 15 is 0 Å². The van der Waals surface area contributed by atoms with E-state index in [0.717, 1.165) is 12.2 Å². The standard InChI is InChI=1S/C13H24N2O/c1-2-3-4-5-6-7-8-13-14-9-10-15(13)11-12-16/h9-10,16H,2-8,11-12H2,1H3. The predicted octanol–water partition coefficient (Wildman–Crippen LogP) is 2.78. The summed E-state index contributed by atoms with van der Waals surface area (Å²) >= 11 is 0. The number of rotatable bonds is 9. The maximum absolute atomic E-state index is 8.88. The summed E-state index contributed by atoms with van der Waals surface area (Å²) in [5.74, 6) is 1.12. The van der Waals surface area contributed by atoms with Crippen molar-refractivity contribution in [1.29, 1.82) is 0 Å². The number of aliphatic hydroxyl groups is 1. The molecular formula is C13H24N2O. The first-order valence-electron chi connectivity index (χ1n) is 6.49. The average molecular weight is 224 g/mol. The summed E-state index contributed by atoms with van der Waals surface area (Å²) in [6.07, 6.45) is 12.7. The molecule has 0 aromatic carbocycles. The Kier molecular flexibility index (Phi) is 6.90. The van der Waals surface area contributed by atoms with Gasteiger partial charge in [-0.05, 0) is 6.42 Å². The van der Waals surface area contributed by atoms with Gasteiger partial charge in [0.1, 0.15) is 5.82 Å². The van der Waals surface area contributed by atoms with Gasteiger partial charge in [-0.15, -0.1) is 0 Å². The van der Waals surface area contributed by atoms with Crippen molar-refractivity contribution in [3.05, 3.63) is 18.2 Å². The van der Waals surface area contributed by atoms with Gasteiger partial charge in [-0.25, -0.2) is 4.98 Å². The topological polar surface area (TPSA) is 38.0 Å². The number of unbranched alkanes of at least 4 members (excludes halogenated alkanes) is 5. The quantitative estimate of drug-likeness (QED) is 0.655. The molecule has 0 aliphatic rings. The zero-order valence-electron chi connectivity index (χ0n) is 10.4. The zero-order chi connectivity index (χ0) is 11.6. The molecule has 0 unspecified atom stereocenters. The fraction of sp³-hybridized carbons (Fsp3) is 0.769. The molecule has 3 nitrogen and oxygen atoms in total. The number of hydrogen-bond acceptors (Lipinski definition) is 2. The normalized spacial score (nSPS) is 10.9. The van der Waals surface area contributed by atoms with Gasteiger partial charge in [-0.3, -0.25) is 0 Å². The minimum Gasteiger partial charge on any atom is -0.395 e. The number of aliphatic hydroxyl groups excluding tert-OH is 1. The maximum atomic E-state index is 8.88. The molecule has 0 saturated carbocycles. The van der Waals surface area contributed by atoms with Crippen LogP contribution in [-0.4, -0.2) is 21.3 Å². The Balaban J connectivity index is 2.13. The van der Waals surface area contributed by atoms with Crippen LogP contribution < -0.4 is 0 Å². The summed E-state index contributed by atoms with van der Waals surface area (Å²) in [5.41, 5.74) is 0. The lowest BCUT2D eigenvalue weighted by atomic mass is 10.1. The molecule has 3 heteroatoms. The summed E-state index contributed by atoms with van der Waals surface area (Å²) in [4.78, 5) is 4.32. The van der Waals surface area contributed by atoms with Gasteiger partial charge < -0.3 is 9.67 Å². The summed E-state index contributed by atoms with van der Waals surface area (Å²) in [6, 6.07) is 0. The molecular weight excluding hydrogens is 200 g/mol. The Morgan fingerprint density at radius 1 is 1.19 bits per heavy atom. The van der Waals surface area contributed by atoms with E-state index in [1.807, 2.05) is 17.0 Å². The zero-order valence-corrected chi connectivity index (χ0v) is 10.4. The van der Waals surface area contributed by atoms with Crippen LogP contribution >= 0.6 is 0 Å². The van der Waals surface area contributed by atoms with E-state index in [0.29, 0.717) is 6.54 Å². The molecule has 0 bridgehead atoms. The molecule has 0 saturated heterocycles. The molecule has 0 radical (unpaired) electrons. The van der Waals surface area contributed by atoms with Gasteiger partial charge in [-0.2, -0.15) is 0 Å². The van der Waals surface area contributed by atoms with E-state index in [9.17, 15) is 0 Å². The maximum Gasteiger partial charge on any atom is 0.108 e. The Hall–Kier alpha value is -0.830. The van der Waals surface area contributed by atoms with Gasteiger partial charge in [0, 0.05) is 25.4 Å². The smallest absolute Gasteiger partial charge is 0.108 e. The van der Waals surface area contributed by atoms with E-state index in [-0.39, 0.29) is 6.61 Å². The molecule has 0 aliphatic carbocycles. The second kappa shape index (κ2) is 8.34. The Labute approximate surface area is 98.5 Å². The van der Waals surface area contributed by atoms with E-state index in [4.69, 9.17) is 5.11 Å². The highest BCUT2D eigenvalue weighted by Crippen LogP contribution is 2.08. The molecule has 1 N–H and O–H groups in total. The largest absolute Gasteiger partial charge is 0.395 e. The SMILES string of the molecule is CCCCCCCCc1nccn1CCO. The van der Waals surface area contributed by atoms with Crippen molar-refractivity contribution in [2.24, 2.45) is 0 Å². The highest BCUT2D eigenvalue weighted by molar-refractivity contribution is 4.92. The van der Waals surface area contributed by atoms with Crippen LogP contribution in [0.15, 0.2) is 12.4 Å². The molecule has 0 atom stereocenters. The van der Waals surface area contributed by atoms with Crippen LogP contribution in [-0.2, 0) is 13.0 Å². The third kappa shape index (κ3) is 4.79. The lowest BCUT2D eigenvalue weighted by Crippen LogP contribution is -2.06. The number of nitrogens with zero attached hydrogens (tertiary/aromatic N) is 2. The summed E-state index contributed by atoms with van der Waals surface area (Å²) < 4.78 is 2.05. The van der Waals surface area contributed by atoms with E-state index in [1.54, 1.807) is 0 Å². The van der Waals surface area contributed by atoms with Crippen molar-refractivity contribution >= 4 is 0 Å². The van der Waals surface area contributed by atoms with Crippen molar-refractivity contribution in [2.75, 3.05) is 6.61 Å². The van der Waals surface area contributed by atoms with Crippen LogP contribution in [0, 0.1) is 0 Å². The third-order valence-electron chi connectivity index (χ3n) is 2.90. The second-order valence-corrected chi connectivity index (χ2v) is 4.28. The van der Waals surface area contributed by atoms with Crippen LogP contribution in [0.1, 0.15) is 51.3 Å². The first-order chi connectivity index (χ1) is 7.88. The van der Waals surface area contributed by atoms with Crippen molar-refractivity contribution in [1.82, 2.24) is 9.55 Å². The lowest BCUT2D eigenvalue weighted by molar-refractivity contribution is 0.274. The van der Waals surface area contributed by atoms with Gasteiger partial charge in [0.25, 0.3) is 0 Å². The van der Waals surface area contributed by atoms with Gasteiger partial charge in [0.05, 0.1) is 6.61 Å². The average Bonchev–Trinajstić information content (AvgIpc) is 2.72. The molecule has 92 valence electrons. The number of hydrogen-bond donors (Lipinski definition) is 1. The highest BCUT2D eigenvalue weighted by atomic mass is 16.3. The van der Waals surface area contributed by atoms with Crippen molar-refractivity contribution in [3.63, 3.8) is 0 Å². The third-order valence-corrected chi connectivity index (χ3v) is 2.90. The highest BCUT2D eigenvalue weighted by Gasteiger charge is 2.01. The summed E-state index contributed by atoms with van der Waals surface area (Å²) in [5, 5.41) is 8.88. The van der Waals surface area contributed by atoms with Gasteiger partial charge in [0.2, 0.25) is 0 Å². The van der Waals surface area contributed by atoms with Gasteiger partial charge >= 0.3 is 0 Å². The van der Waals surface area contributed by atoms with E-state index in [2.05, 4.69) is 11.9 Å². The van der Waals surface area contributed by atoms with E-state index in [1.165, 1.54) is 38.5 Å². The number of aromatic nitrogens is 2. The summed E-state index contributed by atoms with van der Waals surface area (Å²) in [7, 11) is 0. The monoisotopic (exact) mass is 224 g/mol. The molecule has 0 amide bonds. The van der Waals surface area contributed by atoms with Gasteiger partial charge in [0.15, 0.2) is 0 Å². The predicted molar refractivity (Wildman–Crippen MR) is 66.4 cm³/mol. The molecule has 0 fully saturated rings. The van der Waals surface area contributed by atoms with Gasteiger partial charge in [-0.1, -0.05) is 39.0 Å². The molecule has 1 aromatic rings. The summed E-state index contributed by atoms with van der Waals surface area (Å²) in [6.45, 7) is 3.11. The fourth-order valence-corrected chi connectivity index (χ4v) is 1.94. The lowest BCUT2D eigenvalue weighted by Gasteiger charge is -2.05. The molecule has 0 aliphatic heterocycles. The van der Waals surface area contributed by atoms with Crippen LogP contribution in [0.2, 0.25) is 0 Å². The first kappa shape index (κ1) is 13.2. The fourth-order valence-electron chi connectivity index (χ4n) is 1.94. The molecule has 1 rings (SSSR count). The molecule has 0 spiro atoms. The number of imidazole rings is 1. The minimum absolute atomic E-state index is 0.194. The minimum atomic E-state index is 0.194. The van der Waals surface area contributed by atoms with Crippen LogP contribution in [0.25, 0.3) is 0 Å². The molecule has 1 aromatic heterocycles. The Morgan fingerprint density at radius 3 is 2.69 bits per heavy atom. The van der Waals surface area contributed by atoms with Crippen molar-refractivity contribution < 1.29 is 5.11 Å². The molecule has 16 heavy (non-hydrogen) atoms.